The van der Waals surface area contributed by atoms with Crippen molar-refractivity contribution in [1.29, 1.82) is 0 Å². The lowest BCUT2D eigenvalue weighted by molar-refractivity contribution is -0.122. The minimum atomic E-state index is -1.69. The Kier molecular flexibility index (Phi) is 8.41. The van der Waals surface area contributed by atoms with Crippen molar-refractivity contribution in [3.63, 3.8) is 0 Å². The number of thioether (sulfide) groups is 1. The average Bonchev–Trinajstić information content (AvgIpc) is 3.29. The predicted molar refractivity (Wildman–Crippen MR) is 116 cm³/mol. The van der Waals surface area contributed by atoms with Crippen LogP contribution in [0.1, 0.15) is 25.3 Å². The number of halogens is 3. The number of aromatic nitrogens is 4. The minimum Gasteiger partial charge on any atom is -0.346 e. The van der Waals surface area contributed by atoms with Crippen LogP contribution >= 0.6 is 11.8 Å². The molecule has 3 rings (SSSR count). The molecule has 0 fully saturated rings. The van der Waals surface area contributed by atoms with Crippen LogP contribution in [0.5, 0.6) is 0 Å². The molecule has 0 bridgehead atoms. The van der Waals surface area contributed by atoms with E-state index in [1.807, 2.05) is 24.3 Å². The molecule has 0 aliphatic heterocycles. The number of rotatable bonds is 10. The summed E-state index contributed by atoms with van der Waals surface area (Å²) in [5.41, 5.74) is 1.43. The first-order valence-corrected chi connectivity index (χ1v) is 11.1. The fourth-order valence-electron chi connectivity index (χ4n) is 2.79. The lowest BCUT2D eigenvalue weighted by Gasteiger charge is -2.09. The number of hydrogen-bond acceptors (Lipinski definition) is 6. The smallest absolute Gasteiger partial charge is 0.243 e. The van der Waals surface area contributed by atoms with Crippen molar-refractivity contribution in [2.75, 3.05) is 17.6 Å². The van der Waals surface area contributed by atoms with Crippen molar-refractivity contribution in [3.8, 4) is 5.69 Å². The molecular weight excluding hydrogens is 457 g/mol. The van der Waals surface area contributed by atoms with Crippen molar-refractivity contribution >= 4 is 29.3 Å². The molecule has 2 N–H and O–H groups in total. The van der Waals surface area contributed by atoms with Gasteiger partial charge in [0.25, 0.3) is 0 Å². The highest BCUT2D eigenvalue weighted by Gasteiger charge is 2.16. The van der Waals surface area contributed by atoms with Crippen LogP contribution in [-0.4, -0.2) is 44.3 Å². The molecule has 8 nitrogen and oxygen atoms in total. The zero-order chi connectivity index (χ0) is 23.8. The molecule has 0 spiro atoms. The van der Waals surface area contributed by atoms with Gasteiger partial charge in [0.1, 0.15) is 0 Å². The van der Waals surface area contributed by atoms with E-state index in [1.54, 1.807) is 0 Å². The Morgan fingerprint density at radius 2 is 1.79 bits per heavy atom. The number of carbonyl (C=O) groups excluding carboxylic acids is 2. The third-order valence-electron chi connectivity index (χ3n) is 4.53. The molecule has 174 valence electrons. The van der Waals surface area contributed by atoms with Crippen LogP contribution in [0, 0.1) is 17.5 Å². The van der Waals surface area contributed by atoms with Crippen LogP contribution in [0.15, 0.2) is 41.6 Å². The highest BCUT2D eigenvalue weighted by atomic mass is 32.2. The Hall–Kier alpha value is -3.41. The number of nitrogens with one attached hydrogen (secondary N) is 2. The molecule has 2 aromatic carbocycles. The van der Waals surface area contributed by atoms with Gasteiger partial charge in [-0.1, -0.05) is 37.2 Å². The maximum absolute atomic E-state index is 13.6. The van der Waals surface area contributed by atoms with E-state index in [1.165, 1.54) is 10.2 Å². The van der Waals surface area contributed by atoms with E-state index < -0.39 is 41.5 Å². The second kappa shape index (κ2) is 11.5. The third-order valence-corrected chi connectivity index (χ3v) is 5.45. The number of benzene rings is 2. The summed E-state index contributed by atoms with van der Waals surface area (Å²) in [5.74, 6) is -5.96. The molecule has 0 aliphatic rings. The van der Waals surface area contributed by atoms with Gasteiger partial charge in [-0.15, -0.1) is 5.10 Å². The summed E-state index contributed by atoms with van der Waals surface area (Å²) in [6.45, 7) is 1.65. The molecule has 0 atom stereocenters. The van der Waals surface area contributed by atoms with Crippen molar-refractivity contribution in [1.82, 2.24) is 25.5 Å². The summed E-state index contributed by atoms with van der Waals surface area (Å²) in [6.07, 6.45) is 3.21. The number of carbonyl (C=O) groups is 2. The Morgan fingerprint density at radius 3 is 2.52 bits per heavy atom. The molecule has 12 heteroatoms. The Bertz CT molecular complexity index is 1120. The van der Waals surface area contributed by atoms with E-state index in [4.69, 9.17) is 0 Å². The first kappa shape index (κ1) is 24.2. The van der Waals surface area contributed by atoms with Crippen LogP contribution < -0.4 is 10.6 Å². The second-order valence-electron chi connectivity index (χ2n) is 6.98. The van der Waals surface area contributed by atoms with Gasteiger partial charge in [0.05, 0.1) is 23.7 Å². The molecule has 0 radical (unpaired) electrons. The topological polar surface area (TPSA) is 102 Å². The van der Waals surface area contributed by atoms with Gasteiger partial charge in [-0.05, 0) is 53.1 Å². The van der Waals surface area contributed by atoms with Crippen LogP contribution in [0.4, 0.5) is 18.9 Å². The fourth-order valence-corrected chi connectivity index (χ4v) is 3.51. The van der Waals surface area contributed by atoms with Crippen molar-refractivity contribution < 1.29 is 22.8 Å². The highest BCUT2D eigenvalue weighted by Crippen LogP contribution is 2.20. The Labute approximate surface area is 191 Å². The lowest BCUT2D eigenvalue weighted by Crippen LogP contribution is -2.34. The number of tetrazole rings is 1. The second-order valence-corrected chi connectivity index (χ2v) is 7.92. The van der Waals surface area contributed by atoms with E-state index >= 15 is 0 Å². The predicted octanol–water partition coefficient (Wildman–Crippen LogP) is 3.27. The van der Waals surface area contributed by atoms with Gasteiger partial charge in [-0.3, -0.25) is 9.59 Å². The van der Waals surface area contributed by atoms with Gasteiger partial charge < -0.3 is 10.6 Å². The molecule has 33 heavy (non-hydrogen) atoms. The van der Waals surface area contributed by atoms with Crippen LogP contribution in [0.25, 0.3) is 5.69 Å². The van der Waals surface area contributed by atoms with Gasteiger partial charge in [0.15, 0.2) is 17.5 Å². The molecule has 0 unspecified atom stereocenters. The number of unbranched alkanes of at least 4 members (excludes halogenated alkanes) is 1. The van der Waals surface area contributed by atoms with Gasteiger partial charge in [-0.25, -0.2) is 13.2 Å². The van der Waals surface area contributed by atoms with E-state index in [0.717, 1.165) is 42.8 Å². The summed E-state index contributed by atoms with van der Waals surface area (Å²) in [6, 6.07) is 9.37. The molecule has 3 aromatic rings. The van der Waals surface area contributed by atoms with Crippen LogP contribution in [0.2, 0.25) is 0 Å². The molecule has 0 saturated carbocycles. The normalized spacial score (nSPS) is 10.8. The largest absolute Gasteiger partial charge is 0.346 e. The quantitative estimate of drug-likeness (QED) is 0.343. The summed E-state index contributed by atoms with van der Waals surface area (Å²) in [7, 11) is 0. The van der Waals surface area contributed by atoms with E-state index in [9.17, 15) is 22.8 Å². The molecule has 0 aliphatic carbocycles. The van der Waals surface area contributed by atoms with E-state index in [0.29, 0.717) is 11.2 Å². The zero-order valence-corrected chi connectivity index (χ0v) is 18.5. The highest BCUT2D eigenvalue weighted by molar-refractivity contribution is 7.99. The number of anilines is 1. The van der Waals surface area contributed by atoms with E-state index in [-0.39, 0.29) is 5.75 Å². The minimum absolute atomic E-state index is 0.0816. The molecule has 1 heterocycles. The Morgan fingerprint density at radius 1 is 1.03 bits per heavy atom. The molecule has 2 amide bonds. The summed E-state index contributed by atoms with van der Waals surface area (Å²) >= 11 is 1.07. The number of hydrogen-bond donors (Lipinski definition) is 2. The lowest BCUT2D eigenvalue weighted by atomic mass is 10.1. The van der Waals surface area contributed by atoms with Gasteiger partial charge in [-0.2, -0.15) is 4.68 Å². The average molecular weight is 479 g/mol. The number of nitrogens with zero attached hydrogens (tertiary/aromatic N) is 4. The monoisotopic (exact) mass is 478 g/mol. The number of amides is 2. The van der Waals surface area contributed by atoms with Gasteiger partial charge in [0, 0.05) is 0 Å². The van der Waals surface area contributed by atoms with Crippen molar-refractivity contribution in [2.45, 2.75) is 31.3 Å². The van der Waals surface area contributed by atoms with Crippen molar-refractivity contribution in [3.05, 3.63) is 59.4 Å². The summed E-state index contributed by atoms with van der Waals surface area (Å²) in [4.78, 5) is 24.0. The summed E-state index contributed by atoms with van der Waals surface area (Å²) in [5, 5.41) is 16.3. The standard InChI is InChI=1S/C21H21F3N6O2S/c1-2-3-4-13-5-7-14(8-6-13)30-21(27-28-29-30)33-12-18(32)25-11-17(31)26-16-10-9-15(22)19(23)20(16)24/h5-10H,2-4,11-12H2,1H3,(H,25,32)(H,26,31). The molecular formula is C21H21F3N6O2S. The van der Waals surface area contributed by atoms with Gasteiger partial charge in [0.2, 0.25) is 17.0 Å². The Balaban J connectivity index is 1.49. The van der Waals surface area contributed by atoms with Crippen molar-refractivity contribution in [2.24, 2.45) is 0 Å². The third kappa shape index (κ3) is 6.54. The maximum Gasteiger partial charge on any atom is 0.243 e. The van der Waals surface area contributed by atoms with Crippen LogP contribution in [-0.2, 0) is 16.0 Å². The van der Waals surface area contributed by atoms with E-state index in [2.05, 4.69) is 33.1 Å². The maximum atomic E-state index is 13.6. The molecule has 0 saturated heterocycles. The van der Waals surface area contributed by atoms with Crippen LogP contribution in [0.3, 0.4) is 0 Å². The molecule has 1 aromatic heterocycles. The first-order valence-electron chi connectivity index (χ1n) is 10.1. The summed E-state index contributed by atoms with van der Waals surface area (Å²) < 4.78 is 41.3. The fraction of sp³-hybridized carbons (Fsp3) is 0.286. The first-order chi connectivity index (χ1) is 15.9. The van der Waals surface area contributed by atoms with Gasteiger partial charge >= 0.3 is 0 Å². The SMILES string of the molecule is CCCCc1ccc(-n2nnnc2SCC(=O)NCC(=O)Nc2ccc(F)c(F)c2F)cc1. The number of aryl methyl sites for hydroxylation is 1. The zero-order valence-electron chi connectivity index (χ0n) is 17.6.